The molecule has 0 heterocycles. The molecule has 2 N–H and O–H groups in total. The van der Waals surface area contributed by atoms with Crippen LogP contribution in [0.15, 0.2) is 12.1 Å². The molecule has 3 nitrogen and oxygen atoms in total. The van der Waals surface area contributed by atoms with E-state index in [1.54, 1.807) is 0 Å². The molecule has 1 atom stereocenters. The van der Waals surface area contributed by atoms with Gasteiger partial charge in [-0.25, -0.2) is 0 Å². The van der Waals surface area contributed by atoms with Crippen LogP contribution in [0.3, 0.4) is 0 Å². The standard InChI is InChI=1S/C15H25NO2/c1-11-5-6-14(13(3)12(11)2)7-8-16(4)9-15(18)10-17/h5-6,15,17-18H,7-10H2,1-4H3. The molecule has 0 saturated heterocycles. The van der Waals surface area contributed by atoms with Crippen molar-refractivity contribution in [1.29, 1.82) is 0 Å². The number of aliphatic hydroxyl groups is 2. The molecule has 0 saturated carbocycles. The van der Waals surface area contributed by atoms with E-state index in [0.29, 0.717) is 6.54 Å². The topological polar surface area (TPSA) is 43.7 Å². The Morgan fingerprint density at radius 1 is 1.17 bits per heavy atom. The van der Waals surface area contributed by atoms with Crippen molar-refractivity contribution in [3.05, 3.63) is 34.4 Å². The van der Waals surface area contributed by atoms with Crippen LogP contribution in [-0.2, 0) is 6.42 Å². The van der Waals surface area contributed by atoms with Gasteiger partial charge in [-0.2, -0.15) is 0 Å². The minimum absolute atomic E-state index is 0.174. The normalized spacial score (nSPS) is 13.1. The van der Waals surface area contributed by atoms with Crippen LogP contribution in [0.4, 0.5) is 0 Å². The van der Waals surface area contributed by atoms with Crippen LogP contribution in [0, 0.1) is 20.8 Å². The highest BCUT2D eigenvalue weighted by Crippen LogP contribution is 2.17. The van der Waals surface area contributed by atoms with Crippen molar-refractivity contribution >= 4 is 0 Å². The Balaban J connectivity index is 2.56. The number of nitrogens with zero attached hydrogens (tertiary/aromatic N) is 1. The van der Waals surface area contributed by atoms with Gasteiger partial charge in [-0.05, 0) is 56.5 Å². The summed E-state index contributed by atoms with van der Waals surface area (Å²) in [4.78, 5) is 2.05. The van der Waals surface area contributed by atoms with Crippen LogP contribution in [0.5, 0.6) is 0 Å². The molecule has 3 heteroatoms. The number of aryl methyl sites for hydroxylation is 1. The molecule has 0 bridgehead atoms. The van der Waals surface area contributed by atoms with Gasteiger partial charge in [-0.3, -0.25) is 0 Å². The van der Waals surface area contributed by atoms with Crippen molar-refractivity contribution in [2.24, 2.45) is 0 Å². The van der Waals surface area contributed by atoms with E-state index in [-0.39, 0.29) is 6.61 Å². The second-order valence-corrected chi connectivity index (χ2v) is 5.14. The van der Waals surface area contributed by atoms with Gasteiger partial charge in [0.05, 0.1) is 12.7 Å². The highest BCUT2D eigenvalue weighted by atomic mass is 16.3. The molecule has 0 fully saturated rings. The van der Waals surface area contributed by atoms with Gasteiger partial charge >= 0.3 is 0 Å². The summed E-state index contributed by atoms with van der Waals surface area (Å²) < 4.78 is 0. The SMILES string of the molecule is Cc1ccc(CCN(C)CC(O)CO)c(C)c1C. The fourth-order valence-electron chi connectivity index (χ4n) is 2.10. The lowest BCUT2D eigenvalue weighted by atomic mass is 9.97. The molecule has 0 aliphatic heterocycles. The highest BCUT2D eigenvalue weighted by molar-refractivity contribution is 5.38. The van der Waals surface area contributed by atoms with E-state index in [0.717, 1.165) is 13.0 Å². The van der Waals surface area contributed by atoms with Gasteiger partial charge in [0.1, 0.15) is 0 Å². The van der Waals surface area contributed by atoms with E-state index in [2.05, 4.69) is 37.8 Å². The Kier molecular flexibility index (Phi) is 5.79. The van der Waals surface area contributed by atoms with Gasteiger partial charge in [0, 0.05) is 13.1 Å². The summed E-state index contributed by atoms with van der Waals surface area (Å²) >= 11 is 0. The lowest BCUT2D eigenvalue weighted by molar-refractivity contribution is 0.0669. The summed E-state index contributed by atoms with van der Waals surface area (Å²) in [5, 5.41) is 18.2. The lowest BCUT2D eigenvalue weighted by Gasteiger charge is -2.20. The van der Waals surface area contributed by atoms with Crippen molar-refractivity contribution < 1.29 is 10.2 Å². The Hall–Kier alpha value is -0.900. The van der Waals surface area contributed by atoms with Gasteiger partial charge in [0.25, 0.3) is 0 Å². The summed E-state index contributed by atoms with van der Waals surface area (Å²) in [5.74, 6) is 0. The number of hydrogen-bond donors (Lipinski definition) is 2. The predicted octanol–water partition coefficient (Wildman–Crippen LogP) is 1.44. The quantitative estimate of drug-likeness (QED) is 0.804. The first-order chi connectivity index (χ1) is 8.45. The van der Waals surface area contributed by atoms with E-state index < -0.39 is 6.10 Å². The zero-order valence-electron chi connectivity index (χ0n) is 11.9. The van der Waals surface area contributed by atoms with Crippen molar-refractivity contribution in [2.45, 2.75) is 33.3 Å². The number of aliphatic hydroxyl groups excluding tert-OH is 2. The van der Waals surface area contributed by atoms with Crippen LogP contribution in [0.25, 0.3) is 0 Å². The molecule has 0 spiro atoms. The number of rotatable bonds is 6. The summed E-state index contributed by atoms with van der Waals surface area (Å²) in [6.07, 6.45) is 0.331. The lowest BCUT2D eigenvalue weighted by Crippen LogP contribution is -2.32. The van der Waals surface area contributed by atoms with Crippen LogP contribution in [0.1, 0.15) is 22.3 Å². The Morgan fingerprint density at radius 3 is 2.44 bits per heavy atom. The zero-order valence-corrected chi connectivity index (χ0v) is 11.9. The molecule has 1 aromatic carbocycles. The third-order valence-electron chi connectivity index (χ3n) is 3.67. The average molecular weight is 251 g/mol. The van der Waals surface area contributed by atoms with Crippen molar-refractivity contribution in [3.63, 3.8) is 0 Å². The van der Waals surface area contributed by atoms with Gasteiger partial charge < -0.3 is 15.1 Å². The second kappa shape index (κ2) is 6.88. The van der Waals surface area contributed by atoms with E-state index >= 15 is 0 Å². The molecular weight excluding hydrogens is 226 g/mol. The highest BCUT2D eigenvalue weighted by Gasteiger charge is 2.08. The van der Waals surface area contributed by atoms with E-state index in [1.165, 1.54) is 22.3 Å². The van der Waals surface area contributed by atoms with Crippen LogP contribution in [-0.4, -0.2) is 48.0 Å². The molecule has 0 amide bonds. The fourth-order valence-corrected chi connectivity index (χ4v) is 2.10. The van der Waals surface area contributed by atoms with Crippen LogP contribution >= 0.6 is 0 Å². The van der Waals surface area contributed by atoms with Gasteiger partial charge in [-0.15, -0.1) is 0 Å². The maximum Gasteiger partial charge on any atom is 0.0897 e. The van der Waals surface area contributed by atoms with Crippen molar-refractivity contribution in [1.82, 2.24) is 4.90 Å². The zero-order chi connectivity index (χ0) is 13.7. The Morgan fingerprint density at radius 2 is 1.83 bits per heavy atom. The molecule has 0 aliphatic carbocycles. The molecule has 1 unspecified atom stereocenters. The number of hydrogen-bond acceptors (Lipinski definition) is 3. The summed E-state index contributed by atoms with van der Waals surface area (Å²) in [5.41, 5.74) is 5.43. The van der Waals surface area contributed by atoms with E-state index in [1.807, 2.05) is 7.05 Å². The van der Waals surface area contributed by atoms with Crippen molar-refractivity contribution in [2.75, 3.05) is 26.7 Å². The van der Waals surface area contributed by atoms with Crippen LogP contribution < -0.4 is 0 Å². The minimum Gasteiger partial charge on any atom is -0.394 e. The van der Waals surface area contributed by atoms with Gasteiger partial charge in [0.2, 0.25) is 0 Å². The smallest absolute Gasteiger partial charge is 0.0897 e. The van der Waals surface area contributed by atoms with E-state index in [4.69, 9.17) is 5.11 Å². The van der Waals surface area contributed by atoms with E-state index in [9.17, 15) is 5.11 Å². The molecular formula is C15H25NO2. The first-order valence-electron chi connectivity index (χ1n) is 6.48. The third-order valence-corrected chi connectivity index (χ3v) is 3.67. The first-order valence-corrected chi connectivity index (χ1v) is 6.48. The third kappa shape index (κ3) is 4.09. The molecule has 0 radical (unpaired) electrons. The molecule has 0 aromatic heterocycles. The minimum atomic E-state index is -0.643. The maximum atomic E-state index is 9.37. The molecule has 0 aliphatic rings. The molecule has 102 valence electrons. The molecule has 1 aromatic rings. The summed E-state index contributed by atoms with van der Waals surface area (Å²) in [6.45, 7) is 7.69. The van der Waals surface area contributed by atoms with Crippen LogP contribution in [0.2, 0.25) is 0 Å². The first kappa shape index (κ1) is 15.2. The average Bonchev–Trinajstić information content (AvgIpc) is 2.35. The summed E-state index contributed by atoms with van der Waals surface area (Å²) in [6, 6.07) is 4.36. The predicted molar refractivity (Wildman–Crippen MR) is 74.9 cm³/mol. The van der Waals surface area contributed by atoms with Gasteiger partial charge in [-0.1, -0.05) is 12.1 Å². The number of benzene rings is 1. The Bertz CT molecular complexity index is 390. The fraction of sp³-hybridized carbons (Fsp3) is 0.600. The van der Waals surface area contributed by atoms with Gasteiger partial charge in [0.15, 0.2) is 0 Å². The van der Waals surface area contributed by atoms with Crippen molar-refractivity contribution in [3.8, 4) is 0 Å². The number of likely N-dealkylation sites (N-methyl/N-ethyl adjacent to an activating group) is 1. The Labute approximate surface area is 110 Å². The largest absolute Gasteiger partial charge is 0.394 e. The maximum absolute atomic E-state index is 9.37. The second-order valence-electron chi connectivity index (χ2n) is 5.14. The molecule has 1 rings (SSSR count). The monoisotopic (exact) mass is 251 g/mol. The molecule has 18 heavy (non-hydrogen) atoms. The summed E-state index contributed by atoms with van der Waals surface area (Å²) in [7, 11) is 1.97.